The van der Waals surface area contributed by atoms with Gasteiger partial charge in [-0.2, -0.15) is 0 Å². The third-order valence-electron chi connectivity index (χ3n) is 3.62. The van der Waals surface area contributed by atoms with Gasteiger partial charge in [0.2, 0.25) is 0 Å². The van der Waals surface area contributed by atoms with Crippen LogP contribution >= 0.6 is 0 Å². The summed E-state index contributed by atoms with van der Waals surface area (Å²) >= 11 is 0. The van der Waals surface area contributed by atoms with Crippen LogP contribution in [0, 0.1) is 12.7 Å². The Balaban J connectivity index is 1.92. The van der Waals surface area contributed by atoms with Crippen molar-refractivity contribution in [2.75, 3.05) is 6.54 Å². The van der Waals surface area contributed by atoms with Crippen LogP contribution in [0.2, 0.25) is 0 Å². The second kappa shape index (κ2) is 5.09. The summed E-state index contributed by atoms with van der Waals surface area (Å²) in [5.74, 6) is 1.56. The quantitative estimate of drug-likeness (QED) is 0.920. The van der Waals surface area contributed by atoms with Crippen LogP contribution in [0.5, 0.6) is 0 Å². The minimum atomic E-state index is -0.180. The van der Waals surface area contributed by atoms with E-state index in [4.69, 9.17) is 0 Å². The van der Waals surface area contributed by atoms with Crippen LogP contribution in [0.25, 0.3) is 0 Å². The fourth-order valence-corrected chi connectivity index (χ4v) is 2.55. The predicted octanol–water partition coefficient (Wildman–Crippen LogP) is 2.20. The van der Waals surface area contributed by atoms with Crippen molar-refractivity contribution in [1.29, 1.82) is 0 Å². The number of aryl methyl sites for hydroxylation is 1. The van der Waals surface area contributed by atoms with Gasteiger partial charge in [0.1, 0.15) is 11.6 Å². The van der Waals surface area contributed by atoms with Crippen LogP contribution in [-0.4, -0.2) is 21.3 Å². The van der Waals surface area contributed by atoms with Crippen molar-refractivity contribution >= 4 is 0 Å². The monoisotopic (exact) mass is 260 g/mol. The van der Waals surface area contributed by atoms with E-state index in [0.717, 1.165) is 31.0 Å². The first-order chi connectivity index (χ1) is 9.25. The fourth-order valence-electron chi connectivity index (χ4n) is 2.55. The second-order valence-corrected chi connectivity index (χ2v) is 4.93. The number of aromatic nitrogens is 3. The molecule has 0 saturated carbocycles. The lowest BCUT2D eigenvalue weighted by atomic mass is 10.2. The molecule has 0 bridgehead atoms. The highest BCUT2D eigenvalue weighted by Gasteiger charge is 2.23. The average Bonchev–Trinajstić information content (AvgIpc) is 3.03. The van der Waals surface area contributed by atoms with Crippen LogP contribution in [-0.2, 0) is 6.54 Å². The number of nitrogens with zero attached hydrogens (tertiary/aromatic N) is 3. The molecule has 3 rings (SSSR count). The smallest absolute Gasteiger partial charge is 0.150 e. The maximum absolute atomic E-state index is 13.8. The summed E-state index contributed by atoms with van der Waals surface area (Å²) in [6, 6.07) is 7.10. The molecular formula is C14H17FN4. The Hall–Kier alpha value is -1.75. The van der Waals surface area contributed by atoms with E-state index >= 15 is 0 Å². The highest BCUT2D eigenvalue weighted by atomic mass is 19.1. The molecule has 1 aromatic heterocycles. The molecule has 1 unspecified atom stereocenters. The predicted molar refractivity (Wildman–Crippen MR) is 70.2 cm³/mol. The zero-order valence-electron chi connectivity index (χ0n) is 10.9. The summed E-state index contributed by atoms with van der Waals surface area (Å²) in [7, 11) is 0. The van der Waals surface area contributed by atoms with Gasteiger partial charge in [-0.1, -0.05) is 18.2 Å². The number of rotatable bonds is 3. The van der Waals surface area contributed by atoms with Crippen LogP contribution in [0.15, 0.2) is 24.3 Å². The Labute approximate surface area is 111 Å². The van der Waals surface area contributed by atoms with Gasteiger partial charge in [0.05, 0.1) is 12.6 Å². The summed E-state index contributed by atoms with van der Waals surface area (Å²) in [6.07, 6.45) is 2.21. The van der Waals surface area contributed by atoms with E-state index in [1.165, 1.54) is 6.07 Å². The van der Waals surface area contributed by atoms with E-state index < -0.39 is 0 Å². The summed E-state index contributed by atoms with van der Waals surface area (Å²) < 4.78 is 15.8. The third-order valence-corrected chi connectivity index (χ3v) is 3.62. The van der Waals surface area contributed by atoms with Crippen LogP contribution in [0.4, 0.5) is 4.39 Å². The van der Waals surface area contributed by atoms with Crippen molar-refractivity contribution in [3.05, 3.63) is 47.3 Å². The number of nitrogens with one attached hydrogen (secondary N) is 1. The molecule has 0 aliphatic carbocycles. The number of hydrogen-bond donors (Lipinski definition) is 1. The molecule has 1 atom stereocenters. The molecular weight excluding hydrogens is 243 g/mol. The van der Waals surface area contributed by atoms with Gasteiger partial charge < -0.3 is 9.88 Å². The minimum Gasteiger partial charge on any atom is -0.309 e. The van der Waals surface area contributed by atoms with E-state index in [0.29, 0.717) is 12.1 Å². The van der Waals surface area contributed by atoms with Crippen molar-refractivity contribution in [3.8, 4) is 0 Å². The molecule has 0 spiro atoms. The highest BCUT2D eigenvalue weighted by Crippen LogP contribution is 2.23. The third kappa shape index (κ3) is 2.38. The van der Waals surface area contributed by atoms with Crippen molar-refractivity contribution in [1.82, 2.24) is 20.1 Å². The van der Waals surface area contributed by atoms with Gasteiger partial charge in [-0.25, -0.2) is 4.39 Å². The standard InChI is InChI=1S/C14H17FN4/c1-10-17-18-14(13-7-4-8-16-13)19(10)9-11-5-2-3-6-12(11)15/h2-3,5-6,13,16H,4,7-9H2,1H3. The maximum atomic E-state index is 13.8. The first-order valence-corrected chi connectivity index (χ1v) is 6.62. The molecule has 5 heteroatoms. The largest absolute Gasteiger partial charge is 0.309 e. The molecule has 0 radical (unpaired) electrons. The Morgan fingerprint density at radius 2 is 2.21 bits per heavy atom. The van der Waals surface area contributed by atoms with E-state index in [1.807, 2.05) is 17.6 Å². The van der Waals surface area contributed by atoms with Crippen molar-refractivity contribution in [2.45, 2.75) is 32.4 Å². The van der Waals surface area contributed by atoms with E-state index in [2.05, 4.69) is 15.5 Å². The van der Waals surface area contributed by atoms with Crippen LogP contribution < -0.4 is 5.32 Å². The van der Waals surface area contributed by atoms with Gasteiger partial charge in [-0.15, -0.1) is 10.2 Å². The lowest BCUT2D eigenvalue weighted by Gasteiger charge is -2.13. The van der Waals surface area contributed by atoms with Crippen molar-refractivity contribution < 1.29 is 4.39 Å². The van der Waals surface area contributed by atoms with E-state index in [-0.39, 0.29) is 11.9 Å². The van der Waals surface area contributed by atoms with Crippen LogP contribution in [0.3, 0.4) is 0 Å². The molecule has 0 amide bonds. The SMILES string of the molecule is Cc1nnc(C2CCCN2)n1Cc1ccccc1F. The maximum Gasteiger partial charge on any atom is 0.150 e. The molecule has 1 aliphatic heterocycles. The summed E-state index contributed by atoms with van der Waals surface area (Å²) in [6.45, 7) is 3.40. The zero-order chi connectivity index (χ0) is 13.2. The normalized spacial score (nSPS) is 18.9. The minimum absolute atomic E-state index is 0.180. The van der Waals surface area contributed by atoms with E-state index in [1.54, 1.807) is 12.1 Å². The number of benzene rings is 1. The lowest BCUT2D eigenvalue weighted by molar-refractivity contribution is 0.546. The zero-order valence-corrected chi connectivity index (χ0v) is 10.9. The molecule has 2 heterocycles. The molecule has 1 N–H and O–H groups in total. The topological polar surface area (TPSA) is 42.7 Å². The lowest BCUT2D eigenvalue weighted by Crippen LogP contribution is -2.19. The summed E-state index contributed by atoms with van der Waals surface area (Å²) in [5, 5.41) is 11.8. The van der Waals surface area contributed by atoms with Gasteiger partial charge in [-0.05, 0) is 32.4 Å². The van der Waals surface area contributed by atoms with Gasteiger partial charge in [0.15, 0.2) is 5.82 Å². The molecule has 100 valence electrons. The highest BCUT2D eigenvalue weighted by molar-refractivity contribution is 5.19. The van der Waals surface area contributed by atoms with E-state index in [9.17, 15) is 4.39 Å². The Morgan fingerprint density at radius 3 is 2.95 bits per heavy atom. The summed E-state index contributed by atoms with van der Waals surface area (Å²) in [4.78, 5) is 0. The first-order valence-electron chi connectivity index (χ1n) is 6.62. The summed E-state index contributed by atoms with van der Waals surface area (Å²) in [5.41, 5.74) is 0.671. The van der Waals surface area contributed by atoms with Gasteiger partial charge >= 0.3 is 0 Å². The molecule has 4 nitrogen and oxygen atoms in total. The van der Waals surface area contributed by atoms with Crippen molar-refractivity contribution in [3.63, 3.8) is 0 Å². The number of halogens is 1. The van der Waals surface area contributed by atoms with Gasteiger partial charge in [0, 0.05) is 5.56 Å². The first kappa shape index (κ1) is 12.3. The Bertz CT molecular complexity index is 573. The molecule has 1 fully saturated rings. The Morgan fingerprint density at radius 1 is 1.37 bits per heavy atom. The molecule has 1 saturated heterocycles. The average molecular weight is 260 g/mol. The van der Waals surface area contributed by atoms with Crippen molar-refractivity contribution in [2.24, 2.45) is 0 Å². The van der Waals surface area contributed by atoms with Gasteiger partial charge in [0.25, 0.3) is 0 Å². The molecule has 1 aromatic carbocycles. The number of hydrogen-bond acceptors (Lipinski definition) is 3. The molecule has 2 aromatic rings. The molecule has 19 heavy (non-hydrogen) atoms. The second-order valence-electron chi connectivity index (χ2n) is 4.93. The Kier molecular flexibility index (Phi) is 3.29. The fraction of sp³-hybridized carbons (Fsp3) is 0.429. The van der Waals surface area contributed by atoms with Gasteiger partial charge in [-0.3, -0.25) is 0 Å². The molecule has 1 aliphatic rings. The van der Waals surface area contributed by atoms with Crippen LogP contribution in [0.1, 0.15) is 36.1 Å².